The molecule has 0 atom stereocenters. The standard InChI is InChI=1S/C14H23F2O.Rf/c1-11-7-9-13(10-8-11)17-14(15,16)12-5-3-2-4-6-12;/h2,11-13H,3-10H2,1H3;/q-1;. The van der Waals surface area contributed by atoms with E-state index in [1.165, 1.54) is 0 Å². The molecule has 0 radical (unpaired) electrons. The Bertz CT molecular complexity index is 234. The zero-order valence-corrected chi connectivity index (χ0v) is 17.7. The minimum atomic E-state index is -2.90. The van der Waals surface area contributed by atoms with Gasteiger partial charge in [0.15, 0.2) is 0 Å². The summed E-state index contributed by atoms with van der Waals surface area (Å²) in [7, 11) is 0. The molecule has 18 heavy (non-hydrogen) atoms. The molecular weight excluding hydrogens is 489 g/mol. The van der Waals surface area contributed by atoms with Crippen molar-refractivity contribution in [2.45, 2.75) is 70.5 Å². The van der Waals surface area contributed by atoms with E-state index in [-0.39, 0.29) is 6.10 Å². The van der Waals surface area contributed by atoms with Crippen LogP contribution in [-0.4, -0.2) is 12.2 Å². The van der Waals surface area contributed by atoms with Gasteiger partial charge in [0.05, 0.1) is 6.10 Å². The van der Waals surface area contributed by atoms with Gasteiger partial charge in [-0.1, -0.05) is 19.8 Å². The van der Waals surface area contributed by atoms with E-state index in [0.29, 0.717) is 18.8 Å². The molecule has 0 amide bonds. The molecule has 0 saturated heterocycles. The fraction of sp³-hybridized carbons (Fsp3) is 0.929. The summed E-state index contributed by atoms with van der Waals surface area (Å²) in [4.78, 5) is 0. The molecule has 0 N–H and O–H groups in total. The van der Waals surface area contributed by atoms with Crippen LogP contribution in [0.25, 0.3) is 0 Å². The molecular formula is C14H23F2ORf-. The first-order valence-corrected chi connectivity index (χ1v) is 6.95. The summed E-state index contributed by atoms with van der Waals surface area (Å²) in [6.45, 7) is 2.19. The third-order valence-electron chi connectivity index (χ3n) is 4.20. The van der Waals surface area contributed by atoms with Crippen LogP contribution >= 0.6 is 0 Å². The van der Waals surface area contributed by atoms with E-state index in [2.05, 4.69) is 13.3 Å². The molecule has 0 aliphatic heterocycles. The van der Waals surface area contributed by atoms with Crippen molar-refractivity contribution in [3.05, 3.63) is 6.42 Å². The monoisotopic (exact) mass is 512 g/mol. The van der Waals surface area contributed by atoms with Crippen molar-refractivity contribution in [1.82, 2.24) is 0 Å². The van der Waals surface area contributed by atoms with Crippen LogP contribution in [0.3, 0.4) is 0 Å². The van der Waals surface area contributed by atoms with Crippen molar-refractivity contribution in [2.24, 2.45) is 11.8 Å². The van der Waals surface area contributed by atoms with E-state index < -0.39 is 12.0 Å². The summed E-state index contributed by atoms with van der Waals surface area (Å²) in [6, 6.07) is 0. The molecule has 2 saturated carbocycles. The Morgan fingerprint density at radius 3 is 2.11 bits per heavy atom. The average molecular weight is 512 g/mol. The summed E-state index contributed by atoms with van der Waals surface area (Å²) in [5.74, 6) is 0.111. The minimum absolute atomic E-state index is 0. The Balaban J connectivity index is 0.00000162. The van der Waals surface area contributed by atoms with Crippen molar-refractivity contribution in [3.8, 4) is 0 Å². The van der Waals surface area contributed by atoms with Gasteiger partial charge in [-0.25, -0.2) is 0 Å². The van der Waals surface area contributed by atoms with Gasteiger partial charge in [0.1, 0.15) is 0 Å². The van der Waals surface area contributed by atoms with Crippen molar-refractivity contribution < 1.29 is 13.5 Å². The minimum Gasteiger partial charge on any atom is -0.328 e. The van der Waals surface area contributed by atoms with Crippen LogP contribution < -0.4 is 0 Å². The van der Waals surface area contributed by atoms with Crippen molar-refractivity contribution >= 4 is 0 Å². The first kappa shape index (κ1) is 14.9. The molecule has 1 nitrogen and oxygen atoms in total. The number of rotatable bonds is 3. The number of ether oxygens (including phenoxy) is 1. The number of alkyl halides is 2. The molecule has 0 aromatic carbocycles. The average Bonchev–Trinajstić information content (AvgIpc) is 2.33. The number of hydrogen-bond acceptors (Lipinski definition) is 1. The van der Waals surface area contributed by atoms with Crippen LogP contribution in [-0.2, 0) is 4.74 Å². The second kappa shape index (κ2) is 6.12. The molecule has 2 aliphatic rings. The van der Waals surface area contributed by atoms with Crippen LogP contribution in [0.1, 0.15) is 58.3 Å². The maximum absolute atomic E-state index is 14.0. The Morgan fingerprint density at radius 2 is 1.56 bits per heavy atom. The maximum atomic E-state index is 14.0. The molecule has 0 aromatic rings. The van der Waals surface area contributed by atoms with Gasteiger partial charge in [-0.15, -0.1) is 0 Å². The second-order valence-corrected chi connectivity index (χ2v) is 5.70. The molecule has 0 aromatic heterocycles. The second-order valence-electron chi connectivity index (χ2n) is 5.70. The van der Waals surface area contributed by atoms with Gasteiger partial charge < -0.3 is 11.2 Å². The van der Waals surface area contributed by atoms with E-state index in [9.17, 15) is 8.78 Å². The van der Waals surface area contributed by atoms with Gasteiger partial charge in [-0.2, -0.15) is 21.6 Å². The SMILES string of the molecule is CC1CCC(OC(F)(F)C2CC[CH-]CC2)CC1.[Rf]. The predicted molar refractivity (Wildman–Crippen MR) is 63.7 cm³/mol. The fourth-order valence-corrected chi connectivity index (χ4v) is 2.93. The topological polar surface area (TPSA) is 9.23 Å². The van der Waals surface area contributed by atoms with Crippen LogP contribution in [0, 0.1) is 18.3 Å². The van der Waals surface area contributed by atoms with E-state index in [1.54, 1.807) is 0 Å². The molecule has 0 spiro atoms. The Morgan fingerprint density at radius 1 is 1.00 bits per heavy atom. The normalized spacial score (nSPS) is 30.8. The van der Waals surface area contributed by atoms with E-state index in [1.807, 2.05) is 0 Å². The van der Waals surface area contributed by atoms with Crippen LogP contribution in [0.2, 0.25) is 0 Å². The fourth-order valence-electron chi connectivity index (χ4n) is 2.93. The van der Waals surface area contributed by atoms with Gasteiger partial charge in [0.2, 0.25) is 0 Å². The molecule has 0 bridgehead atoms. The molecule has 102 valence electrons. The summed E-state index contributed by atoms with van der Waals surface area (Å²) in [5.41, 5.74) is 0. The smallest absolute Gasteiger partial charge is 0.328 e. The molecule has 4 heteroatoms. The Labute approximate surface area is 103 Å². The number of hydrogen-bond donors (Lipinski definition) is 0. The van der Waals surface area contributed by atoms with Gasteiger partial charge in [-0.3, -0.25) is 0 Å². The predicted octanol–water partition coefficient (Wildman–Crippen LogP) is 4.57. The van der Waals surface area contributed by atoms with E-state index >= 15 is 0 Å². The maximum Gasteiger partial charge on any atom is 0.358 e. The third-order valence-corrected chi connectivity index (χ3v) is 4.20. The first-order valence-electron chi connectivity index (χ1n) is 6.95. The quantitative estimate of drug-likeness (QED) is 0.504. The summed E-state index contributed by atoms with van der Waals surface area (Å²) >= 11 is 0. The Kier molecular flexibility index (Phi) is 5.06. The van der Waals surface area contributed by atoms with Gasteiger partial charge in [0.25, 0.3) is 0 Å². The van der Waals surface area contributed by atoms with Crippen LogP contribution in [0.4, 0.5) is 8.78 Å². The largest absolute Gasteiger partial charge is 0.358 e. The molecule has 0 heterocycles. The third kappa shape index (κ3) is 3.66. The summed E-state index contributed by atoms with van der Waals surface area (Å²) in [5, 5.41) is 0. The molecule has 2 rings (SSSR count). The molecule has 0 unspecified atom stereocenters. The van der Waals surface area contributed by atoms with E-state index in [0.717, 1.165) is 38.5 Å². The Hall–Kier alpha value is -1.18. The van der Waals surface area contributed by atoms with Crippen molar-refractivity contribution in [1.29, 1.82) is 0 Å². The van der Waals surface area contributed by atoms with Gasteiger partial charge in [-0.05, 0) is 31.6 Å². The zero-order valence-electron chi connectivity index (χ0n) is 11.3. The van der Waals surface area contributed by atoms with Crippen molar-refractivity contribution in [3.63, 3.8) is 0 Å². The van der Waals surface area contributed by atoms with Crippen LogP contribution in [0.15, 0.2) is 0 Å². The zero-order chi connectivity index (χ0) is 12.3. The molecule has 2 fully saturated rings. The number of halogens is 2. The molecule has 2 aliphatic carbocycles. The van der Waals surface area contributed by atoms with Crippen molar-refractivity contribution in [2.75, 3.05) is 0 Å². The van der Waals surface area contributed by atoms with E-state index in [4.69, 9.17) is 4.74 Å². The first-order chi connectivity index (χ1) is 8.08. The van der Waals surface area contributed by atoms with Crippen LogP contribution in [0.5, 0.6) is 0 Å². The van der Waals surface area contributed by atoms with Gasteiger partial charge >= 0.3 is 6.11 Å². The summed E-state index contributed by atoms with van der Waals surface area (Å²) in [6.07, 6.45) is 5.42. The van der Waals surface area contributed by atoms with Gasteiger partial charge in [0, 0.05) is 5.92 Å². The summed E-state index contributed by atoms with van der Waals surface area (Å²) < 4.78 is 33.0.